The molecular formula is C15H26N2. The van der Waals surface area contributed by atoms with E-state index in [9.17, 15) is 0 Å². The third-order valence-electron chi connectivity index (χ3n) is 3.17. The Bertz CT molecular complexity index is 325. The van der Waals surface area contributed by atoms with E-state index in [2.05, 4.69) is 50.1 Å². The monoisotopic (exact) mass is 234 g/mol. The van der Waals surface area contributed by atoms with Gasteiger partial charge in [-0.25, -0.2) is 0 Å². The van der Waals surface area contributed by atoms with Gasteiger partial charge in [-0.2, -0.15) is 0 Å². The predicted molar refractivity (Wildman–Crippen MR) is 74.3 cm³/mol. The summed E-state index contributed by atoms with van der Waals surface area (Å²) in [4.78, 5) is 4.38. The van der Waals surface area contributed by atoms with Gasteiger partial charge in [-0.15, -0.1) is 0 Å². The van der Waals surface area contributed by atoms with Crippen molar-refractivity contribution in [3.8, 4) is 0 Å². The summed E-state index contributed by atoms with van der Waals surface area (Å²) >= 11 is 0. The van der Waals surface area contributed by atoms with Crippen LogP contribution in [-0.4, -0.2) is 18.1 Å². The van der Waals surface area contributed by atoms with Crippen molar-refractivity contribution in [2.75, 3.05) is 13.1 Å². The van der Waals surface area contributed by atoms with Crippen LogP contribution in [0.5, 0.6) is 0 Å². The first-order chi connectivity index (χ1) is 7.92. The molecule has 0 amide bonds. The fourth-order valence-electron chi connectivity index (χ4n) is 1.80. The highest BCUT2D eigenvalue weighted by Gasteiger charge is 2.20. The van der Waals surface area contributed by atoms with Gasteiger partial charge in [0.15, 0.2) is 0 Å². The molecule has 0 bridgehead atoms. The summed E-state index contributed by atoms with van der Waals surface area (Å²) in [5.74, 6) is 0.721. The van der Waals surface area contributed by atoms with E-state index in [0.29, 0.717) is 0 Å². The molecule has 0 atom stereocenters. The fraction of sp³-hybridized carbons (Fsp3) is 0.667. The number of hydrogen-bond donors (Lipinski definition) is 1. The van der Waals surface area contributed by atoms with E-state index in [1.807, 2.05) is 13.1 Å². The average molecular weight is 234 g/mol. The Hall–Kier alpha value is -0.890. The summed E-state index contributed by atoms with van der Waals surface area (Å²) in [5.41, 5.74) is 2.61. The molecule has 0 unspecified atom stereocenters. The molecule has 0 aromatic carbocycles. The smallest absolute Gasteiger partial charge is 0.0372 e. The van der Waals surface area contributed by atoms with E-state index in [0.717, 1.165) is 31.1 Å². The van der Waals surface area contributed by atoms with Crippen molar-refractivity contribution in [1.82, 2.24) is 10.3 Å². The van der Waals surface area contributed by atoms with E-state index in [1.54, 1.807) is 0 Å². The molecule has 0 spiro atoms. The molecule has 0 aliphatic heterocycles. The second-order valence-electron chi connectivity index (χ2n) is 5.92. The molecule has 0 saturated carbocycles. The van der Waals surface area contributed by atoms with E-state index in [4.69, 9.17) is 0 Å². The molecule has 2 heteroatoms. The summed E-state index contributed by atoms with van der Waals surface area (Å²) in [5, 5.41) is 3.50. The standard InChI is InChI=1S/C15H26N2/c1-12(2)10-16-9-8-15(4,5)14-7-6-13(3)17-11-14/h6-7,11-12,16H,8-10H2,1-5H3. The van der Waals surface area contributed by atoms with Crippen molar-refractivity contribution in [2.24, 2.45) is 5.92 Å². The van der Waals surface area contributed by atoms with Gasteiger partial charge in [0.25, 0.3) is 0 Å². The molecular weight excluding hydrogens is 208 g/mol. The zero-order valence-corrected chi connectivity index (χ0v) is 11.9. The first kappa shape index (κ1) is 14.2. The van der Waals surface area contributed by atoms with Crippen LogP contribution in [0.1, 0.15) is 45.4 Å². The van der Waals surface area contributed by atoms with Crippen LogP contribution in [0.15, 0.2) is 18.3 Å². The Morgan fingerprint density at radius 1 is 1.29 bits per heavy atom. The van der Waals surface area contributed by atoms with Gasteiger partial charge in [0, 0.05) is 11.9 Å². The minimum absolute atomic E-state index is 0.199. The largest absolute Gasteiger partial charge is 0.316 e. The molecule has 1 aromatic rings. The van der Waals surface area contributed by atoms with Crippen LogP contribution in [0.25, 0.3) is 0 Å². The molecule has 1 aromatic heterocycles. The van der Waals surface area contributed by atoms with Crippen molar-refractivity contribution in [1.29, 1.82) is 0 Å². The summed E-state index contributed by atoms with van der Waals surface area (Å²) in [6.07, 6.45) is 3.16. The van der Waals surface area contributed by atoms with Crippen molar-refractivity contribution in [2.45, 2.75) is 46.5 Å². The van der Waals surface area contributed by atoms with Crippen LogP contribution >= 0.6 is 0 Å². The maximum atomic E-state index is 4.38. The highest BCUT2D eigenvalue weighted by atomic mass is 14.9. The normalized spacial score (nSPS) is 12.1. The van der Waals surface area contributed by atoms with Crippen LogP contribution in [-0.2, 0) is 5.41 Å². The highest BCUT2D eigenvalue weighted by molar-refractivity contribution is 5.21. The minimum atomic E-state index is 0.199. The third kappa shape index (κ3) is 4.86. The predicted octanol–water partition coefficient (Wildman–Crippen LogP) is 3.30. The summed E-state index contributed by atoms with van der Waals surface area (Å²) in [6.45, 7) is 13.2. The SMILES string of the molecule is Cc1ccc(C(C)(C)CCNCC(C)C)cn1. The fourth-order valence-corrected chi connectivity index (χ4v) is 1.80. The van der Waals surface area contributed by atoms with Crippen molar-refractivity contribution >= 4 is 0 Å². The van der Waals surface area contributed by atoms with Gasteiger partial charge < -0.3 is 5.32 Å². The number of rotatable bonds is 6. The third-order valence-corrected chi connectivity index (χ3v) is 3.17. The summed E-state index contributed by atoms with van der Waals surface area (Å²) in [7, 11) is 0. The molecule has 1 N–H and O–H groups in total. The summed E-state index contributed by atoms with van der Waals surface area (Å²) < 4.78 is 0. The van der Waals surface area contributed by atoms with Crippen LogP contribution < -0.4 is 5.32 Å². The second-order valence-corrected chi connectivity index (χ2v) is 5.92. The van der Waals surface area contributed by atoms with E-state index in [-0.39, 0.29) is 5.41 Å². The number of nitrogens with zero attached hydrogens (tertiary/aromatic N) is 1. The Morgan fingerprint density at radius 3 is 2.53 bits per heavy atom. The maximum Gasteiger partial charge on any atom is 0.0372 e. The zero-order valence-electron chi connectivity index (χ0n) is 11.9. The van der Waals surface area contributed by atoms with E-state index < -0.39 is 0 Å². The molecule has 0 saturated heterocycles. The van der Waals surface area contributed by atoms with Crippen molar-refractivity contribution in [3.05, 3.63) is 29.6 Å². The molecule has 1 heterocycles. The number of hydrogen-bond acceptors (Lipinski definition) is 2. The van der Waals surface area contributed by atoms with Crippen molar-refractivity contribution < 1.29 is 0 Å². The lowest BCUT2D eigenvalue weighted by Gasteiger charge is -2.25. The van der Waals surface area contributed by atoms with E-state index >= 15 is 0 Å². The number of pyridine rings is 1. The highest BCUT2D eigenvalue weighted by Crippen LogP contribution is 2.25. The molecule has 96 valence electrons. The van der Waals surface area contributed by atoms with E-state index in [1.165, 1.54) is 5.56 Å². The first-order valence-corrected chi connectivity index (χ1v) is 6.55. The lowest BCUT2D eigenvalue weighted by molar-refractivity contribution is 0.441. The van der Waals surface area contributed by atoms with Gasteiger partial charge >= 0.3 is 0 Å². The lowest BCUT2D eigenvalue weighted by Crippen LogP contribution is -2.27. The van der Waals surface area contributed by atoms with Gasteiger partial charge in [-0.3, -0.25) is 4.98 Å². The second kappa shape index (κ2) is 6.15. The Balaban J connectivity index is 2.47. The van der Waals surface area contributed by atoms with Crippen LogP contribution in [0.3, 0.4) is 0 Å². The van der Waals surface area contributed by atoms with Crippen LogP contribution in [0.4, 0.5) is 0 Å². The quantitative estimate of drug-likeness (QED) is 0.764. The maximum absolute atomic E-state index is 4.38. The minimum Gasteiger partial charge on any atom is -0.316 e. The topological polar surface area (TPSA) is 24.9 Å². The number of nitrogens with one attached hydrogen (secondary N) is 1. The Labute approximate surface area is 106 Å². The molecule has 0 aliphatic rings. The van der Waals surface area contributed by atoms with Gasteiger partial charge in [-0.05, 0) is 49.4 Å². The van der Waals surface area contributed by atoms with Crippen LogP contribution in [0, 0.1) is 12.8 Å². The van der Waals surface area contributed by atoms with Gasteiger partial charge in [0.1, 0.15) is 0 Å². The Morgan fingerprint density at radius 2 is 2.00 bits per heavy atom. The van der Waals surface area contributed by atoms with Crippen LogP contribution in [0.2, 0.25) is 0 Å². The van der Waals surface area contributed by atoms with Gasteiger partial charge in [-0.1, -0.05) is 33.8 Å². The lowest BCUT2D eigenvalue weighted by atomic mass is 9.82. The zero-order chi connectivity index (χ0) is 12.9. The summed E-state index contributed by atoms with van der Waals surface area (Å²) in [6, 6.07) is 4.30. The molecule has 1 rings (SSSR count). The molecule has 0 radical (unpaired) electrons. The number of aromatic nitrogens is 1. The molecule has 2 nitrogen and oxygen atoms in total. The first-order valence-electron chi connectivity index (χ1n) is 6.55. The van der Waals surface area contributed by atoms with Gasteiger partial charge in [0.05, 0.1) is 0 Å². The molecule has 0 aliphatic carbocycles. The molecule has 17 heavy (non-hydrogen) atoms. The number of aryl methyl sites for hydroxylation is 1. The molecule has 0 fully saturated rings. The average Bonchev–Trinajstić information content (AvgIpc) is 2.25. The Kier molecular flexibility index (Phi) is 5.13. The van der Waals surface area contributed by atoms with Crippen molar-refractivity contribution in [3.63, 3.8) is 0 Å². The van der Waals surface area contributed by atoms with Gasteiger partial charge in [0.2, 0.25) is 0 Å².